The zero-order valence-electron chi connectivity index (χ0n) is 8.08. The standard InChI is InChI=1S/C8H5F3N4S2/c9-8(10,11)5-2-1-4(3-12-5)13-6-14-15-7(16)17-6/h1-3H,(H,13,14)(H,15,16). The number of nitrogens with zero attached hydrogens (tertiary/aromatic N) is 2. The number of halogens is 3. The third-order valence-electron chi connectivity index (χ3n) is 1.74. The molecule has 9 heteroatoms. The summed E-state index contributed by atoms with van der Waals surface area (Å²) in [6, 6.07) is 2.18. The molecular weight excluding hydrogens is 273 g/mol. The van der Waals surface area contributed by atoms with Gasteiger partial charge in [-0.25, -0.2) is 4.98 Å². The first-order valence-corrected chi connectivity index (χ1v) is 5.53. The third kappa shape index (κ3) is 3.01. The largest absolute Gasteiger partial charge is 0.433 e. The highest BCUT2D eigenvalue weighted by atomic mass is 32.1. The van der Waals surface area contributed by atoms with Crippen LogP contribution in [0.5, 0.6) is 0 Å². The Morgan fingerprint density at radius 3 is 2.59 bits per heavy atom. The van der Waals surface area contributed by atoms with Crippen LogP contribution in [0.1, 0.15) is 5.69 Å². The van der Waals surface area contributed by atoms with Crippen LogP contribution >= 0.6 is 23.6 Å². The van der Waals surface area contributed by atoms with Crippen LogP contribution < -0.4 is 5.32 Å². The molecule has 0 aliphatic rings. The van der Waals surface area contributed by atoms with E-state index in [4.69, 9.17) is 12.2 Å². The monoisotopic (exact) mass is 278 g/mol. The van der Waals surface area contributed by atoms with Crippen molar-refractivity contribution >= 4 is 34.4 Å². The first-order chi connectivity index (χ1) is 7.95. The lowest BCUT2D eigenvalue weighted by molar-refractivity contribution is -0.141. The second-order valence-corrected chi connectivity index (χ2v) is 4.64. The van der Waals surface area contributed by atoms with Crippen molar-refractivity contribution in [3.63, 3.8) is 0 Å². The predicted octanol–water partition coefficient (Wildman–Crippen LogP) is 3.36. The highest BCUT2D eigenvalue weighted by Gasteiger charge is 2.31. The van der Waals surface area contributed by atoms with Gasteiger partial charge in [-0.3, -0.25) is 5.10 Å². The van der Waals surface area contributed by atoms with Crippen LogP contribution in [-0.2, 0) is 6.18 Å². The molecule has 0 radical (unpaired) electrons. The van der Waals surface area contributed by atoms with Crippen molar-refractivity contribution in [1.82, 2.24) is 15.2 Å². The molecule has 0 aliphatic heterocycles. The number of aromatic nitrogens is 3. The fourth-order valence-electron chi connectivity index (χ4n) is 1.04. The first kappa shape index (κ1) is 12.0. The summed E-state index contributed by atoms with van der Waals surface area (Å²) in [6.45, 7) is 0. The Morgan fingerprint density at radius 1 is 1.35 bits per heavy atom. The van der Waals surface area contributed by atoms with Crippen molar-refractivity contribution in [3.05, 3.63) is 28.0 Å². The lowest BCUT2D eigenvalue weighted by Crippen LogP contribution is -2.07. The topological polar surface area (TPSA) is 53.6 Å². The van der Waals surface area contributed by atoms with Crippen LogP contribution in [0.25, 0.3) is 0 Å². The van der Waals surface area contributed by atoms with Gasteiger partial charge in [-0.05, 0) is 24.4 Å². The van der Waals surface area contributed by atoms with Crippen molar-refractivity contribution in [2.24, 2.45) is 0 Å². The Bertz CT molecular complexity index is 557. The van der Waals surface area contributed by atoms with Crippen LogP contribution in [0.2, 0.25) is 0 Å². The van der Waals surface area contributed by atoms with Crippen LogP contribution in [-0.4, -0.2) is 15.2 Å². The molecule has 0 amide bonds. The van der Waals surface area contributed by atoms with Crippen LogP contribution in [0.4, 0.5) is 24.0 Å². The summed E-state index contributed by atoms with van der Waals surface area (Å²) in [5.41, 5.74) is -0.520. The van der Waals surface area contributed by atoms with E-state index >= 15 is 0 Å². The molecule has 17 heavy (non-hydrogen) atoms. The molecule has 90 valence electrons. The molecule has 0 saturated carbocycles. The van der Waals surface area contributed by atoms with Crippen LogP contribution in [0.3, 0.4) is 0 Å². The molecule has 0 aliphatic carbocycles. The molecule has 0 fully saturated rings. The smallest absolute Gasteiger partial charge is 0.329 e. The fraction of sp³-hybridized carbons (Fsp3) is 0.125. The Morgan fingerprint density at radius 2 is 2.12 bits per heavy atom. The van der Waals surface area contributed by atoms with Gasteiger partial charge >= 0.3 is 6.18 Å². The maximum atomic E-state index is 12.2. The van der Waals surface area contributed by atoms with Gasteiger partial charge in [0.05, 0.1) is 11.9 Å². The molecule has 0 aromatic carbocycles. The predicted molar refractivity (Wildman–Crippen MR) is 59.8 cm³/mol. The number of alkyl halides is 3. The number of hydrogen-bond donors (Lipinski definition) is 2. The second-order valence-electron chi connectivity index (χ2n) is 2.97. The number of pyridine rings is 1. The lowest BCUT2D eigenvalue weighted by Gasteiger charge is -2.06. The van der Waals surface area contributed by atoms with E-state index in [0.717, 1.165) is 12.3 Å². The van der Waals surface area contributed by atoms with Crippen LogP contribution in [0.15, 0.2) is 18.3 Å². The highest BCUT2D eigenvalue weighted by molar-refractivity contribution is 7.73. The van der Waals surface area contributed by atoms with Crippen molar-refractivity contribution in [1.29, 1.82) is 0 Å². The number of nitrogens with one attached hydrogen (secondary N) is 2. The van der Waals surface area contributed by atoms with Gasteiger partial charge in [-0.1, -0.05) is 11.3 Å². The van der Waals surface area contributed by atoms with E-state index in [-0.39, 0.29) is 0 Å². The molecule has 2 aromatic rings. The van der Waals surface area contributed by atoms with Crippen molar-refractivity contribution < 1.29 is 13.2 Å². The Kier molecular flexibility index (Phi) is 3.11. The first-order valence-electron chi connectivity index (χ1n) is 4.31. The van der Waals surface area contributed by atoms with Gasteiger partial charge in [-0.2, -0.15) is 13.2 Å². The maximum Gasteiger partial charge on any atom is 0.433 e. The Balaban J connectivity index is 2.16. The van der Waals surface area contributed by atoms with E-state index in [9.17, 15) is 13.2 Å². The minimum absolute atomic E-state index is 0.413. The van der Waals surface area contributed by atoms with Gasteiger partial charge in [0.2, 0.25) is 5.13 Å². The number of H-pyrrole nitrogens is 1. The number of rotatable bonds is 2. The lowest BCUT2D eigenvalue weighted by atomic mass is 10.3. The summed E-state index contributed by atoms with van der Waals surface area (Å²) >= 11 is 5.99. The minimum atomic E-state index is -4.43. The molecule has 0 atom stereocenters. The van der Waals surface area contributed by atoms with E-state index in [0.29, 0.717) is 14.8 Å². The molecule has 2 aromatic heterocycles. The minimum Gasteiger partial charge on any atom is -0.329 e. The SMILES string of the molecule is FC(F)(F)c1ccc(Nc2n[nH]c(=S)s2)cn1. The van der Waals surface area contributed by atoms with E-state index in [1.54, 1.807) is 0 Å². The molecule has 0 spiro atoms. The molecule has 0 bridgehead atoms. The van der Waals surface area contributed by atoms with Crippen LogP contribution in [0, 0.1) is 3.95 Å². The average molecular weight is 278 g/mol. The number of aromatic amines is 1. The molecule has 0 saturated heterocycles. The zero-order chi connectivity index (χ0) is 12.5. The van der Waals surface area contributed by atoms with Crippen molar-refractivity contribution in [2.45, 2.75) is 6.18 Å². The molecule has 4 nitrogen and oxygen atoms in total. The Labute approximate surface area is 103 Å². The van der Waals surface area contributed by atoms with E-state index in [1.807, 2.05) is 0 Å². The molecule has 2 N–H and O–H groups in total. The number of hydrogen-bond acceptors (Lipinski definition) is 5. The maximum absolute atomic E-state index is 12.2. The summed E-state index contributed by atoms with van der Waals surface area (Å²) in [4.78, 5) is 3.31. The summed E-state index contributed by atoms with van der Waals surface area (Å²) in [5, 5.41) is 9.61. The van der Waals surface area contributed by atoms with Gasteiger partial charge in [0.1, 0.15) is 5.69 Å². The quantitative estimate of drug-likeness (QED) is 0.827. The molecule has 2 heterocycles. The van der Waals surface area contributed by atoms with Gasteiger partial charge in [0.15, 0.2) is 3.95 Å². The zero-order valence-corrected chi connectivity index (χ0v) is 9.71. The molecular formula is C8H5F3N4S2. The van der Waals surface area contributed by atoms with Gasteiger partial charge in [-0.15, -0.1) is 5.10 Å². The van der Waals surface area contributed by atoms with Gasteiger partial charge in [0, 0.05) is 0 Å². The number of anilines is 2. The second kappa shape index (κ2) is 4.41. The average Bonchev–Trinajstić information content (AvgIpc) is 2.63. The summed E-state index contributed by atoms with van der Waals surface area (Å²) in [6.07, 6.45) is -3.34. The third-order valence-corrected chi connectivity index (χ3v) is 2.75. The normalized spacial score (nSPS) is 11.5. The molecule has 2 rings (SSSR count). The summed E-state index contributed by atoms with van der Waals surface area (Å²) < 4.78 is 37.2. The van der Waals surface area contributed by atoms with E-state index in [1.165, 1.54) is 17.4 Å². The van der Waals surface area contributed by atoms with E-state index in [2.05, 4.69) is 20.5 Å². The van der Waals surface area contributed by atoms with Gasteiger partial charge < -0.3 is 5.32 Å². The fourth-order valence-corrected chi connectivity index (χ4v) is 1.85. The summed E-state index contributed by atoms with van der Waals surface area (Å²) in [5.74, 6) is 0. The highest BCUT2D eigenvalue weighted by Crippen LogP contribution is 2.28. The van der Waals surface area contributed by atoms with Crippen molar-refractivity contribution in [3.8, 4) is 0 Å². The van der Waals surface area contributed by atoms with Gasteiger partial charge in [0.25, 0.3) is 0 Å². The van der Waals surface area contributed by atoms with Crippen molar-refractivity contribution in [2.75, 3.05) is 5.32 Å². The summed E-state index contributed by atoms with van der Waals surface area (Å²) in [7, 11) is 0. The van der Waals surface area contributed by atoms with E-state index < -0.39 is 11.9 Å². The molecule has 0 unspecified atom stereocenters. The Hall–Kier alpha value is -1.48.